The molecular weight excluding hydrogens is 331 g/mol. The number of ether oxygens (including phenoxy) is 1. The van der Waals surface area contributed by atoms with E-state index in [1.165, 1.54) is 19.1 Å². The molecule has 0 spiro atoms. The maximum absolute atomic E-state index is 12.5. The first-order valence-electron chi connectivity index (χ1n) is 6.66. The third kappa shape index (κ3) is 4.89. The second-order valence-corrected chi connectivity index (χ2v) is 5.22. The van der Waals surface area contributed by atoms with Crippen LogP contribution in [-0.2, 0) is 11.0 Å². The molecule has 2 aromatic carbocycles. The van der Waals surface area contributed by atoms with E-state index in [2.05, 4.69) is 5.32 Å². The highest BCUT2D eigenvalue weighted by Gasteiger charge is 2.30. The van der Waals surface area contributed by atoms with E-state index in [1.54, 1.807) is 24.3 Å². The molecule has 2 rings (SSSR count). The average molecular weight is 344 g/mol. The van der Waals surface area contributed by atoms with Crippen LogP contribution in [0.5, 0.6) is 5.75 Å². The Hall–Kier alpha value is -2.21. The van der Waals surface area contributed by atoms with Crippen LogP contribution in [0.2, 0.25) is 5.02 Å². The molecule has 0 radical (unpaired) electrons. The quantitative estimate of drug-likeness (QED) is 0.868. The number of amides is 1. The fourth-order valence-corrected chi connectivity index (χ4v) is 1.96. The molecule has 122 valence electrons. The lowest BCUT2D eigenvalue weighted by Gasteiger charge is -2.15. The second-order valence-electron chi connectivity index (χ2n) is 4.78. The summed E-state index contributed by atoms with van der Waals surface area (Å²) in [5.74, 6) is -0.0581. The number of rotatable bonds is 4. The SMILES string of the molecule is C[C@H](Oc1cccc(Cl)c1)C(=O)Nc1ccc(C(F)(F)F)cc1. The van der Waals surface area contributed by atoms with Crippen molar-refractivity contribution in [1.82, 2.24) is 0 Å². The molecule has 1 atom stereocenters. The molecule has 23 heavy (non-hydrogen) atoms. The maximum Gasteiger partial charge on any atom is 0.416 e. The van der Waals surface area contributed by atoms with Gasteiger partial charge >= 0.3 is 6.18 Å². The number of hydrogen-bond acceptors (Lipinski definition) is 2. The van der Waals surface area contributed by atoms with Crippen LogP contribution < -0.4 is 10.1 Å². The van der Waals surface area contributed by atoms with E-state index in [4.69, 9.17) is 16.3 Å². The van der Waals surface area contributed by atoms with Crippen molar-refractivity contribution in [3.8, 4) is 5.75 Å². The van der Waals surface area contributed by atoms with E-state index in [0.29, 0.717) is 10.8 Å². The summed E-state index contributed by atoms with van der Waals surface area (Å²) in [7, 11) is 0. The number of carbonyl (C=O) groups excluding carboxylic acids is 1. The summed E-state index contributed by atoms with van der Waals surface area (Å²) in [6.07, 6.45) is -5.25. The van der Waals surface area contributed by atoms with Gasteiger partial charge in [0.25, 0.3) is 5.91 Å². The molecule has 3 nitrogen and oxygen atoms in total. The largest absolute Gasteiger partial charge is 0.481 e. The maximum atomic E-state index is 12.5. The molecule has 0 aliphatic rings. The first-order valence-corrected chi connectivity index (χ1v) is 7.04. The fourth-order valence-electron chi connectivity index (χ4n) is 1.78. The molecule has 0 saturated heterocycles. The zero-order chi connectivity index (χ0) is 17.0. The van der Waals surface area contributed by atoms with Gasteiger partial charge in [0.05, 0.1) is 5.56 Å². The van der Waals surface area contributed by atoms with Crippen LogP contribution in [0.4, 0.5) is 18.9 Å². The van der Waals surface area contributed by atoms with Crippen LogP contribution in [-0.4, -0.2) is 12.0 Å². The van der Waals surface area contributed by atoms with Gasteiger partial charge in [-0.05, 0) is 49.4 Å². The normalized spacial score (nSPS) is 12.6. The standard InChI is InChI=1S/C16H13ClF3NO2/c1-10(23-14-4-2-3-12(17)9-14)15(22)21-13-7-5-11(6-8-13)16(18,19)20/h2-10H,1H3,(H,21,22)/t10-/m0/s1. The number of benzene rings is 2. The topological polar surface area (TPSA) is 38.3 Å². The zero-order valence-corrected chi connectivity index (χ0v) is 12.8. The third-order valence-corrected chi connectivity index (χ3v) is 3.19. The van der Waals surface area contributed by atoms with Crippen molar-refractivity contribution in [2.24, 2.45) is 0 Å². The third-order valence-electron chi connectivity index (χ3n) is 2.96. The summed E-state index contributed by atoms with van der Waals surface area (Å²) in [5.41, 5.74) is -0.525. The summed E-state index contributed by atoms with van der Waals surface area (Å²) in [6.45, 7) is 1.53. The summed E-state index contributed by atoms with van der Waals surface area (Å²) < 4.78 is 42.8. The van der Waals surface area contributed by atoms with Crippen molar-refractivity contribution in [1.29, 1.82) is 0 Å². The number of nitrogens with one attached hydrogen (secondary N) is 1. The molecule has 0 heterocycles. The Balaban J connectivity index is 1.98. The van der Waals surface area contributed by atoms with Crippen LogP contribution >= 0.6 is 11.6 Å². The van der Waals surface area contributed by atoms with Gasteiger partial charge in [-0.3, -0.25) is 4.79 Å². The second kappa shape index (κ2) is 6.91. The summed E-state index contributed by atoms with van der Waals surface area (Å²) in [6, 6.07) is 10.7. The number of alkyl halides is 3. The summed E-state index contributed by atoms with van der Waals surface area (Å²) >= 11 is 5.82. The molecule has 7 heteroatoms. The highest BCUT2D eigenvalue weighted by Crippen LogP contribution is 2.29. The molecule has 2 aromatic rings. The minimum absolute atomic E-state index is 0.254. The molecule has 0 bridgehead atoms. The van der Waals surface area contributed by atoms with E-state index >= 15 is 0 Å². The van der Waals surface area contributed by atoms with Crippen LogP contribution in [0.25, 0.3) is 0 Å². The minimum Gasteiger partial charge on any atom is -0.481 e. The van der Waals surface area contributed by atoms with Crippen LogP contribution in [0.15, 0.2) is 48.5 Å². The molecular formula is C16H13ClF3NO2. The number of anilines is 1. The highest BCUT2D eigenvalue weighted by atomic mass is 35.5. The van der Waals surface area contributed by atoms with Crippen LogP contribution in [0, 0.1) is 0 Å². The average Bonchev–Trinajstić information content (AvgIpc) is 2.46. The van der Waals surface area contributed by atoms with E-state index in [0.717, 1.165) is 12.1 Å². The van der Waals surface area contributed by atoms with Gasteiger partial charge in [-0.25, -0.2) is 0 Å². The monoisotopic (exact) mass is 343 g/mol. The van der Waals surface area contributed by atoms with Crippen molar-refractivity contribution in [2.45, 2.75) is 19.2 Å². The Kier molecular flexibility index (Phi) is 5.15. The zero-order valence-electron chi connectivity index (χ0n) is 12.0. The van der Waals surface area contributed by atoms with Crippen molar-refractivity contribution in [2.75, 3.05) is 5.32 Å². The van der Waals surface area contributed by atoms with Gasteiger partial charge in [0.2, 0.25) is 0 Å². The Bertz CT molecular complexity index is 686. The van der Waals surface area contributed by atoms with Gasteiger partial charge in [0.15, 0.2) is 6.10 Å². The van der Waals surface area contributed by atoms with Gasteiger partial charge in [-0.2, -0.15) is 13.2 Å². The van der Waals surface area contributed by atoms with E-state index < -0.39 is 23.8 Å². The fraction of sp³-hybridized carbons (Fsp3) is 0.188. The molecule has 0 saturated carbocycles. The van der Waals surface area contributed by atoms with Gasteiger partial charge in [-0.1, -0.05) is 17.7 Å². The molecule has 0 aliphatic carbocycles. The minimum atomic E-state index is -4.41. The first kappa shape index (κ1) is 17.1. The lowest BCUT2D eigenvalue weighted by Crippen LogP contribution is -2.30. The summed E-state index contributed by atoms with van der Waals surface area (Å²) in [4.78, 5) is 12.0. The van der Waals surface area contributed by atoms with E-state index in [1.807, 2.05) is 0 Å². The predicted octanol–water partition coefficient (Wildman–Crippen LogP) is 4.76. The summed E-state index contributed by atoms with van der Waals surface area (Å²) in [5, 5.41) is 2.96. The van der Waals surface area contributed by atoms with Crippen molar-refractivity contribution < 1.29 is 22.7 Å². The van der Waals surface area contributed by atoms with Gasteiger partial charge < -0.3 is 10.1 Å². The molecule has 0 unspecified atom stereocenters. The Morgan fingerprint density at radius 3 is 2.39 bits per heavy atom. The molecule has 0 fully saturated rings. The van der Waals surface area contributed by atoms with Gasteiger partial charge in [-0.15, -0.1) is 0 Å². The Morgan fingerprint density at radius 1 is 1.17 bits per heavy atom. The first-order chi connectivity index (χ1) is 10.8. The van der Waals surface area contributed by atoms with E-state index in [9.17, 15) is 18.0 Å². The van der Waals surface area contributed by atoms with Crippen molar-refractivity contribution in [3.63, 3.8) is 0 Å². The number of halogens is 4. The van der Waals surface area contributed by atoms with Crippen LogP contribution in [0.3, 0.4) is 0 Å². The molecule has 0 aromatic heterocycles. The molecule has 1 amide bonds. The van der Waals surface area contributed by atoms with Crippen molar-refractivity contribution >= 4 is 23.2 Å². The molecule has 1 N–H and O–H groups in total. The van der Waals surface area contributed by atoms with E-state index in [-0.39, 0.29) is 5.69 Å². The predicted molar refractivity (Wildman–Crippen MR) is 81.6 cm³/mol. The van der Waals surface area contributed by atoms with Gasteiger partial charge in [0, 0.05) is 10.7 Å². The Labute approximate surface area is 136 Å². The van der Waals surface area contributed by atoms with Crippen molar-refractivity contribution in [3.05, 3.63) is 59.1 Å². The number of hydrogen-bond donors (Lipinski definition) is 1. The lowest BCUT2D eigenvalue weighted by molar-refractivity contribution is -0.137. The lowest BCUT2D eigenvalue weighted by atomic mass is 10.2. The Morgan fingerprint density at radius 2 is 1.83 bits per heavy atom. The molecule has 0 aliphatic heterocycles. The van der Waals surface area contributed by atoms with Crippen LogP contribution in [0.1, 0.15) is 12.5 Å². The smallest absolute Gasteiger partial charge is 0.416 e. The van der Waals surface area contributed by atoms with Gasteiger partial charge in [0.1, 0.15) is 5.75 Å². The highest BCUT2D eigenvalue weighted by molar-refractivity contribution is 6.30. The number of carbonyl (C=O) groups is 1.